The van der Waals surface area contributed by atoms with E-state index in [4.69, 9.17) is 10.8 Å². The van der Waals surface area contributed by atoms with Gasteiger partial charge in [0.15, 0.2) is 5.65 Å². The van der Waals surface area contributed by atoms with Gasteiger partial charge in [-0.3, -0.25) is 9.59 Å². The number of hydrogen-bond acceptors (Lipinski definition) is 6. The number of amides is 2. The molecule has 2 fully saturated rings. The number of likely N-dealkylation sites (tertiary alicyclic amines) is 1. The molecule has 38 heavy (non-hydrogen) atoms. The maximum Gasteiger partial charge on any atom is 0.255 e. The van der Waals surface area contributed by atoms with Gasteiger partial charge in [-0.2, -0.15) is 5.10 Å². The average molecular weight is 508 g/mol. The lowest BCUT2D eigenvalue weighted by Gasteiger charge is -2.18. The second-order valence-corrected chi connectivity index (χ2v) is 10.2. The van der Waals surface area contributed by atoms with E-state index in [1.54, 1.807) is 0 Å². The summed E-state index contributed by atoms with van der Waals surface area (Å²) in [5.41, 5.74) is 10.8. The van der Waals surface area contributed by atoms with E-state index in [-0.39, 0.29) is 17.9 Å². The van der Waals surface area contributed by atoms with Crippen molar-refractivity contribution in [1.29, 1.82) is 0 Å². The largest absolute Gasteiger partial charge is 0.383 e. The highest BCUT2D eigenvalue weighted by atomic mass is 16.2. The van der Waals surface area contributed by atoms with Gasteiger partial charge < -0.3 is 16.0 Å². The van der Waals surface area contributed by atoms with Crippen LogP contribution >= 0.6 is 0 Å². The topological polar surface area (TPSA) is 119 Å². The SMILES string of the molecule is C=CC(=O)N1CC2CC(n3nc(-c4ccc(C(=O)Nc5ccccc5)c(C)c4)c4c(N)ncnc43)CC2C1. The quantitative estimate of drug-likeness (QED) is 0.390. The van der Waals surface area contributed by atoms with Gasteiger partial charge in [-0.25, -0.2) is 14.6 Å². The fourth-order valence-electron chi connectivity index (χ4n) is 6.01. The Morgan fingerprint density at radius 3 is 2.50 bits per heavy atom. The van der Waals surface area contributed by atoms with Crippen LogP contribution in [0.3, 0.4) is 0 Å². The molecule has 2 aliphatic rings. The molecule has 3 heterocycles. The maximum atomic E-state index is 12.9. The molecule has 2 aromatic heterocycles. The lowest BCUT2D eigenvalue weighted by molar-refractivity contribution is -0.125. The van der Waals surface area contributed by atoms with Crippen molar-refractivity contribution in [3.63, 3.8) is 0 Å². The molecule has 1 aliphatic carbocycles. The summed E-state index contributed by atoms with van der Waals surface area (Å²) in [6.45, 7) is 7.04. The predicted octanol–water partition coefficient (Wildman–Crippen LogP) is 4.23. The summed E-state index contributed by atoms with van der Waals surface area (Å²) in [6.07, 6.45) is 4.71. The van der Waals surface area contributed by atoms with E-state index in [1.807, 2.05) is 65.0 Å². The standard InChI is InChI=1S/C29H29N7O2/c1-3-24(37)35-14-19-12-22(13-20(19)15-35)36-28-25(27(30)31-16-32-28)26(34-36)18-9-10-23(17(2)11-18)29(38)33-21-7-5-4-6-8-21/h3-11,16,19-20,22H,1,12-15H2,2H3,(H,33,38)(H2,30,31,32). The Bertz CT molecular complexity index is 1550. The summed E-state index contributed by atoms with van der Waals surface area (Å²) in [5, 5.41) is 8.68. The highest BCUT2D eigenvalue weighted by Gasteiger charge is 2.43. The third-order valence-electron chi connectivity index (χ3n) is 7.85. The van der Waals surface area contributed by atoms with Gasteiger partial charge in [0.1, 0.15) is 17.8 Å². The van der Waals surface area contributed by atoms with Gasteiger partial charge in [0.25, 0.3) is 5.91 Å². The van der Waals surface area contributed by atoms with Crippen LogP contribution in [0.5, 0.6) is 0 Å². The molecule has 2 atom stereocenters. The molecule has 2 unspecified atom stereocenters. The van der Waals surface area contributed by atoms with Crippen LogP contribution in [0.25, 0.3) is 22.3 Å². The summed E-state index contributed by atoms with van der Waals surface area (Å²) in [7, 11) is 0. The fraction of sp³-hybridized carbons (Fsp3) is 0.276. The number of para-hydroxylation sites is 1. The smallest absolute Gasteiger partial charge is 0.255 e. The van der Waals surface area contributed by atoms with Gasteiger partial charge >= 0.3 is 0 Å². The Morgan fingerprint density at radius 1 is 1.08 bits per heavy atom. The molecule has 9 heteroatoms. The Hall–Kier alpha value is -4.53. The van der Waals surface area contributed by atoms with Gasteiger partial charge in [0.2, 0.25) is 5.91 Å². The number of hydrogen-bond donors (Lipinski definition) is 2. The van der Waals surface area contributed by atoms with Crippen LogP contribution in [0.4, 0.5) is 11.5 Å². The van der Waals surface area contributed by atoms with Crippen molar-refractivity contribution in [2.45, 2.75) is 25.8 Å². The first-order valence-electron chi connectivity index (χ1n) is 12.8. The highest BCUT2D eigenvalue weighted by molar-refractivity contribution is 6.06. The van der Waals surface area contributed by atoms with Gasteiger partial charge in [0.05, 0.1) is 11.4 Å². The lowest BCUT2D eigenvalue weighted by atomic mass is 10.0. The molecule has 6 rings (SSSR count). The zero-order valence-corrected chi connectivity index (χ0v) is 21.2. The second kappa shape index (κ2) is 9.41. The van der Waals surface area contributed by atoms with E-state index in [0.717, 1.165) is 42.7 Å². The lowest BCUT2D eigenvalue weighted by Crippen LogP contribution is -2.28. The van der Waals surface area contributed by atoms with E-state index in [9.17, 15) is 9.59 Å². The molecule has 0 radical (unpaired) electrons. The summed E-state index contributed by atoms with van der Waals surface area (Å²) in [5.74, 6) is 1.06. The summed E-state index contributed by atoms with van der Waals surface area (Å²) in [4.78, 5) is 35.7. The normalized spacial score (nSPS) is 20.4. The molecule has 192 valence electrons. The van der Waals surface area contributed by atoms with Crippen molar-refractivity contribution < 1.29 is 9.59 Å². The first-order valence-corrected chi connectivity index (χ1v) is 12.8. The molecule has 2 amide bonds. The van der Waals surface area contributed by atoms with Crippen LogP contribution < -0.4 is 11.1 Å². The molecule has 2 aromatic carbocycles. The average Bonchev–Trinajstić information content (AvgIpc) is 3.61. The molecule has 0 bridgehead atoms. The van der Waals surface area contributed by atoms with Crippen LogP contribution in [0, 0.1) is 18.8 Å². The van der Waals surface area contributed by atoms with Crippen molar-refractivity contribution in [2.75, 3.05) is 24.1 Å². The number of carbonyl (C=O) groups excluding carboxylic acids is 2. The molecule has 4 aromatic rings. The maximum absolute atomic E-state index is 12.9. The molecular weight excluding hydrogens is 478 g/mol. The number of aromatic nitrogens is 4. The minimum absolute atomic E-state index is 0.000411. The molecule has 1 saturated carbocycles. The molecular formula is C29H29N7O2. The minimum Gasteiger partial charge on any atom is -0.383 e. The van der Waals surface area contributed by atoms with E-state index >= 15 is 0 Å². The van der Waals surface area contributed by atoms with E-state index < -0.39 is 0 Å². The van der Waals surface area contributed by atoms with Crippen molar-refractivity contribution >= 4 is 34.4 Å². The number of rotatable bonds is 5. The van der Waals surface area contributed by atoms with Gasteiger partial charge in [0, 0.05) is 29.9 Å². The Balaban J connectivity index is 1.31. The van der Waals surface area contributed by atoms with E-state index in [0.29, 0.717) is 39.9 Å². The minimum atomic E-state index is -0.167. The summed E-state index contributed by atoms with van der Waals surface area (Å²) >= 11 is 0. The number of nitrogens with two attached hydrogens (primary N) is 1. The predicted molar refractivity (Wildman–Crippen MR) is 146 cm³/mol. The Morgan fingerprint density at radius 2 is 1.82 bits per heavy atom. The van der Waals surface area contributed by atoms with Crippen LogP contribution in [0.2, 0.25) is 0 Å². The summed E-state index contributed by atoms with van der Waals surface area (Å²) < 4.78 is 1.99. The van der Waals surface area contributed by atoms with Crippen LogP contribution in [0.1, 0.15) is 34.8 Å². The number of nitrogen functional groups attached to an aromatic ring is 1. The monoisotopic (exact) mass is 507 g/mol. The zero-order chi connectivity index (χ0) is 26.4. The highest BCUT2D eigenvalue weighted by Crippen LogP contribution is 2.45. The number of anilines is 2. The van der Waals surface area contributed by atoms with E-state index in [1.165, 1.54) is 12.4 Å². The van der Waals surface area contributed by atoms with Gasteiger partial charge in [-0.15, -0.1) is 0 Å². The number of aryl methyl sites for hydroxylation is 1. The first-order chi connectivity index (χ1) is 18.4. The number of nitrogens with zero attached hydrogens (tertiary/aromatic N) is 5. The Labute approximate surface area is 220 Å². The molecule has 9 nitrogen and oxygen atoms in total. The third-order valence-corrected chi connectivity index (χ3v) is 7.85. The van der Waals surface area contributed by atoms with E-state index in [2.05, 4.69) is 21.9 Å². The molecule has 1 saturated heterocycles. The number of carbonyl (C=O) groups is 2. The first kappa shape index (κ1) is 23.8. The molecule has 1 aliphatic heterocycles. The Kier molecular flexibility index (Phi) is 5.90. The van der Waals surface area contributed by atoms with Crippen molar-refractivity contribution in [3.05, 3.63) is 78.6 Å². The van der Waals surface area contributed by atoms with Gasteiger partial charge in [-0.05, 0) is 67.5 Å². The van der Waals surface area contributed by atoms with Crippen LogP contribution in [-0.4, -0.2) is 49.6 Å². The zero-order valence-electron chi connectivity index (χ0n) is 21.2. The number of benzene rings is 2. The summed E-state index contributed by atoms with van der Waals surface area (Å²) in [6, 6.07) is 15.2. The van der Waals surface area contributed by atoms with Gasteiger partial charge in [-0.1, -0.05) is 30.8 Å². The fourth-order valence-corrected chi connectivity index (χ4v) is 6.01. The van der Waals surface area contributed by atoms with Crippen molar-refractivity contribution in [3.8, 4) is 11.3 Å². The molecule has 3 N–H and O–H groups in total. The van der Waals surface area contributed by atoms with Crippen LogP contribution in [0.15, 0.2) is 67.5 Å². The molecule has 0 spiro atoms. The number of nitrogens with one attached hydrogen (secondary N) is 1. The van der Waals surface area contributed by atoms with Crippen molar-refractivity contribution in [2.24, 2.45) is 11.8 Å². The van der Waals surface area contributed by atoms with Crippen molar-refractivity contribution in [1.82, 2.24) is 24.6 Å². The number of fused-ring (bicyclic) bond motifs is 2. The van der Waals surface area contributed by atoms with Crippen LogP contribution in [-0.2, 0) is 4.79 Å². The third kappa shape index (κ3) is 4.09. The second-order valence-electron chi connectivity index (χ2n) is 10.2.